The molecule has 3 N–H and O–H groups in total. The number of methoxy groups -OCH3 is 1. The van der Waals surface area contributed by atoms with Crippen molar-refractivity contribution in [3.05, 3.63) is 24.3 Å². The molecule has 0 aromatic heterocycles. The molecule has 7 nitrogen and oxygen atoms in total. The fourth-order valence-electron chi connectivity index (χ4n) is 1.50. The maximum absolute atomic E-state index is 11.7. The van der Waals surface area contributed by atoms with Gasteiger partial charge in [0.25, 0.3) is 0 Å². The Bertz CT molecular complexity index is 460. The number of rotatable bonds is 7. The molecule has 0 aliphatic heterocycles. The summed E-state index contributed by atoms with van der Waals surface area (Å²) in [6.07, 6.45) is 0. The maximum atomic E-state index is 11.7. The Morgan fingerprint density at radius 2 is 1.81 bits per heavy atom. The molecular weight excluding hydrogens is 272 g/mol. The van der Waals surface area contributed by atoms with E-state index in [-0.39, 0.29) is 18.5 Å². The van der Waals surface area contributed by atoms with E-state index in [0.29, 0.717) is 18.8 Å². The average Bonchev–Trinajstić information content (AvgIpc) is 2.47. The summed E-state index contributed by atoms with van der Waals surface area (Å²) in [6.45, 7) is 1.17. The van der Waals surface area contributed by atoms with E-state index in [0.717, 1.165) is 5.75 Å². The first-order valence-electron chi connectivity index (χ1n) is 6.62. The second kappa shape index (κ2) is 8.80. The number of hydrogen-bond acceptors (Lipinski definition) is 4. The zero-order chi connectivity index (χ0) is 15.7. The third-order valence-corrected chi connectivity index (χ3v) is 2.64. The predicted octanol–water partition coefficient (Wildman–Crippen LogP) is 0.495. The van der Waals surface area contributed by atoms with Crippen LogP contribution in [0.5, 0.6) is 5.75 Å². The molecule has 116 valence electrons. The molecule has 0 radical (unpaired) electrons. The number of urea groups is 1. The van der Waals surface area contributed by atoms with Crippen molar-refractivity contribution in [1.82, 2.24) is 15.5 Å². The van der Waals surface area contributed by atoms with Crippen molar-refractivity contribution in [3.63, 3.8) is 0 Å². The molecule has 0 spiro atoms. The summed E-state index contributed by atoms with van der Waals surface area (Å²) in [5.41, 5.74) is 0.712. The number of anilines is 1. The van der Waals surface area contributed by atoms with E-state index in [2.05, 4.69) is 16.0 Å². The molecular formula is C14H22N4O3. The molecule has 1 aromatic rings. The van der Waals surface area contributed by atoms with Crippen LogP contribution in [0.1, 0.15) is 0 Å². The Morgan fingerprint density at radius 3 is 2.38 bits per heavy atom. The first kappa shape index (κ1) is 16.8. The molecule has 0 bridgehead atoms. The number of amides is 3. The van der Waals surface area contributed by atoms with Crippen LogP contribution in [0.25, 0.3) is 0 Å². The standard InChI is InChI=1S/C14H22N4O3/c1-18(2)14(20)16-9-8-15-10-13(19)17-11-4-6-12(21-3)7-5-11/h4-7,15H,8-10H2,1-3H3,(H,16,20)(H,17,19). The number of carbonyl (C=O) groups is 2. The topological polar surface area (TPSA) is 82.7 Å². The second-order valence-electron chi connectivity index (χ2n) is 4.58. The SMILES string of the molecule is COc1ccc(NC(=O)CNCCNC(=O)N(C)C)cc1. The molecule has 0 atom stereocenters. The highest BCUT2D eigenvalue weighted by Crippen LogP contribution is 2.14. The summed E-state index contributed by atoms with van der Waals surface area (Å²) >= 11 is 0. The van der Waals surface area contributed by atoms with Gasteiger partial charge in [0.2, 0.25) is 5.91 Å². The summed E-state index contributed by atoms with van der Waals surface area (Å²) in [5, 5.41) is 8.41. The first-order valence-corrected chi connectivity index (χ1v) is 6.62. The quantitative estimate of drug-likeness (QED) is 0.639. The number of nitrogens with zero attached hydrogens (tertiary/aromatic N) is 1. The van der Waals surface area contributed by atoms with Crippen molar-refractivity contribution in [2.45, 2.75) is 0 Å². The molecule has 0 saturated carbocycles. The van der Waals surface area contributed by atoms with Crippen molar-refractivity contribution in [3.8, 4) is 5.75 Å². The van der Waals surface area contributed by atoms with Gasteiger partial charge in [0.05, 0.1) is 13.7 Å². The summed E-state index contributed by atoms with van der Waals surface area (Å²) in [4.78, 5) is 24.4. The highest BCUT2D eigenvalue weighted by Gasteiger charge is 2.03. The monoisotopic (exact) mass is 294 g/mol. The van der Waals surface area contributed by atoms with Gasteiger partial charge in [-0.1, -0.05) is 0 Å². The van der Waals surface area contributed by atoms with E-state index < -0.39 is 0 Å². The van der Waals surface area contributed by atoms with E-state index in [1.54, 1.807) is 45.5 Å². The van der Waals surface area contributed by atoms with E-state index in [9.17, 15) is 9.59 Å². The fraction of sp³-hybridized carbons (Fsp3) is 0.429. The number of hydrogen-bond donors (Lipinski definition) is 3. The third kappa shape index (κ3) is 6.62. The van der Waals surface area contributed by atoms with Crippen LogP contribution in [0.15, 0.2) is 24.3 Å². The normalized spacial score (nSPS) is 9.86. The first-order chi connectivity index (χ1) is 10.0. The average molecular weight is 294 g/mol. The van der Waals surface area contributed by atoms with Gasteiger partial charge in [0.1, 0.15) is 5.75 Å². The van der Waals surface area contributed by atoms with Crippen LogP contribution in [0.3, 0.4) is 0 Å². The second-order valence-corrected chi connectivity index (χ2v) is 4.58. The maximum Gasteiger partial charge on any atom is 0.316 e. The van der Waals surface area contributed by atoms with E-state index >= 15 is 0 Å². The van der Waals surface area contributed by atoms with Gasteiger partial charge in [0, 0.05) is 32.9 Å². The number of ether oxygens (including phenoxy) is 1. The van der Waals surface area contributed by atoms with E-state index in [1.165, 1.54) is 4.90 Å². The number of carbonyl (C=O) groups excluding carboxylic acids is 2. The Labute approximate surface area is 124 Å². The largest absolute Gasteiger partial charge is 0.497 e. The predicted molar refractivity (Wildman–Crippen MR) is 81.6 cm³/mol. The fourth-order valence-corrected chi connectivity index (χ4v) is 1.50. The van der Waals surface area contributed by atoms with Crippen LogP contribution in [-0.2, 0) is 4.79 Å². The lowest BCUT2D eigenvalue weighted by Crippen LogP contribution is -2.39. The molecule has 0 aliphatic rings. The van der Waals surface area contributed by atoms with Crippen molar-refractivity contribution in [1.29, 1.82) is 0 Å². The molecule has 0 heterocycles. The summed E-state index contributed by atoms with van der Waals surface area (Å²) in [6, 6.07) is 6.95. The Morgan fingerprint density at radius 1 is 1.14 bits per heavy atom. The molecule has 1 rings (SSSR count). The van der Waals surface area contributed by atoms with Gasteiger partial charge >= 0.3 is 6.03 Å². The zero-order valence-corrected chi connectivity index (χ0v) is 12.6. The highest BCUT2D eigenvalue weighted by atomic mass is 16.5. The minimum atomic E-state index is -0.153. The van der Waals surface area contributed by atoms with Gasteiger partial charge in [-0.15, -0.1) is 0 Å². The smallest absolute Gasteiger partial charge is 0.316 e. The molecule has 1 aromatic carbocycles. The molecule has 0 aliphatic carbocycles. The highest BCUT2D eigenvalue weighted by molar-refractivity contribution is 5.92. The lowest BCUT2D eigenvalue weighted by molar-refractivity contribution is -0.115. The Hall–Kier alpha value is -2.28. The number of nitrogens with one attached hydrogen (secondary N) is 3. The zero-order valence-electron chi connectivity index (χ0n) is 12.6. The lowest BCUT2D eigenvalue weighted by atomic mass is 10.3. The molecule has 7 heteroatoms. The van der Waals surface area contributed by atoms with Crippen LogP contribution in [-0.4, -0.2) is 57.7 Å². The Balaban J connectivity index is 2.17. The molecule has 3 amide bonds. The van der Waals surface area contributed by atoms with Gasteiger partial charge in [0.15, 0.2) is 0 Å². The van der Waals surface area contributed by atoms with Crippen molar-refractivity contribution in [2.75, 3.05) is 46.2 Å². The van der Waals surface area contributed by atoms with Gasteiger partial charge < -0.3 is 25.6 Å². The van der Waals surface area contributed by atoms with Gasteiger partial charge in [-0.25, -0.2) is 4.79 Å². The summed E-state index contributed by atoms with van der Waals surface area (Å²) in [5.74, 6) is 0.599. The van der Waals surface area contributed by atoms with E-state index in [4.69, 9.17) is 4.74 Å². The minimum absolute atomic E-state index is 0.140. The van der Waals surface area contributed by atoms with Crippen LogP contribution in [0.4, 0.5) is 10.5 Å². The van der Waals surface area contributed by atoms with Crippen LogP contribution < -0.4 is 20.7 Å². The van der Waals surface area contributed by atoms with Gasteiger partial charge in [-0.3, -0.25) is 4.79 Å². The van der Waals surface area contributed by atoms with Crippen LogP contribution in [0, 0.1) is 0 Å². The van der Waals surface area contributed by atoms with Crippen LogP contribution in [0.2, 0.25) is 0 Å². The molecule has 0 saturated heterocycles. The van der Waals surface area contributed by atoms with Crippen molar-refractivity contribution in [2.24, 2.45) is 0 Å². The summed E-state index contributed by atoms with van der Waals surface area (Å²) in [7, 11) is 4.93. The molecule has 21 heavy (non-hydrogen) atoms. The van der Waals surface area contributed by atoms with Gasteiger partial charge in [-0.05, 0) is 24.3 Å². The third-order valence-electron chi connectivity index (χ3n) is 2.64. The lowest BCUT2D eigenvalue weighted by Gasteiger charge is -2.12. The van der Waals surface area contributed by atoms with E-state index in [1.807, 2.05) is 0 Å². The van der Waals surface area contributed by atoms with Gasteiger partial charge in [-0.2, -0.15) is 0 Å². The minimum Gasteiger partial charge on any atom is -0.497 e. The number of benzene rings is 1. The Kier molecular flexibility index (Phi) is 7.03. The van der Waals surface area contributed by atoms with Crippen molar-refractivity contribution >= 4 is 17.6 Å². The molecule has 0 unspecified atom stereocenters. The summed E-state index contributed by atoms with van der Waals surface area (Å²) < 4.78 is 5.04. The van der Waals surface area contributed by atoms with Crippen molar-refractivity contribution < 1.29 is 14.3 Å². The molecule has 0 fully saturated rings. The van der Waals surface area contributed by atoms with Crippen LogP contribution >= 0.6 is 0 Å².